The number of carbonyl (C=O) groups excluding carboxylic acids is 1. The lowest BCUT2D eigenvalue weighted by atomic mass is 10.1. The normalized spacial score (nSPS) is 10.9. The van der Waals surface area contributed by atoms with Crippen molar-refractivity contribution in [3.63, 3.8) is 0 Å². The van der Waals surface area contributed by atoms with E-state index in [9.17, 15) is 14.9 Å². The van der Waals surface area contributed by atoms with Crippen LogP contribution >= 0.6 is 12.2 Å². The van der Waals surface area contributed by atoms with Gasteiger partial charge >= 0.3 is 5.97 Å². The van der Waals surface area contributed by atoms with E-state index in [0.29, 0.717) is 12.2 Å². The number of nitro benzene ring substituents is 1. The highest BCUT2D eigenvalue weighted by molar-refractivity contribution is 7.80. The second-order valence-electron chi connectivity index (χ2n) is 3.85. The molecule has 1 aromatic carbocycles. The highest BCUT2D eigenvalue weighted by Gasteiger charge is 2.17. The summed E-state index contributed by atoms with van der Waals surface area (Å²) in [7, 11) is 0. The molecule has 0 unspecified atom stereocenters. The minimum absolute atomic E-state index is 0.0304. The van der Waals surface area contributed by atoms with Crippen LogP contribution in [0.1, 0.15) is 19.4 Å². The van der Waals surface area contributed by atoms with Crippen LogP contribution in [0.5, 0.6) is 0 Å². The summed E-state index contributed by atoms with van der Waals surface area (Å²) >= 11 is 5.03. The Labute approximate surface area is 127 Å². The third-order valence-corrected chi connectivity index (χ3v) is 2.74. The van der Waals surface area contributed by atoms with Crippen molar-refractivity contribution in [2.24, 2.45) is 0 Å². The molecule has 0 aliphatic heterocycles. The lowest BCUT2D eigenvalue weighted by Gasteiger charge is -2.09. The fourth-order valence-corrected chi connectivity index (χ4v) is 1.74. The molecule has 1 rings (SSSR count). The van der Waals surface area contributed by atoms with Gasteiger partial charge in [0.15, 0.2) is 5.05 Å². The highest BCUT2D eigenvalue weighted by Crippen LogP contribution is 2.16. The predicted octanol–water partition coefficient (Wildman–Crippen LogP) is 2.91. The van der Waals surface area contributed by atoms with Crippen molar-refractivity contribution in [1.29, 1.82) is 0 Å². The highest BCUT2D eigenvalue weighted by atomic mass is 32.1. The molecule has 0 fully saturated rings. The van der Waals surface area contributed by atoms with Crippen molar-refractivity contribution < 1.29 is 19.2 Å². The summed E-state index contributed by atoms with van der Waals surface area (Å²) in [5.41, 5.74) is 0.672. The van der Waals surface area contributed by atoms with Gasteiger partial charge in [0, 0.05) is 12.1 Å². The maximum Gasteiger partial charge on any atom is 0.342 e. The zero-order valence-corrected chi connectivity index (χ0v) is 12.5. The first-order chi connectivity index (χ1) is 9.99. The number of ether oxygens (including phenoxy) is 2. The lowest BCUT2D eigenvalue weighted by molar-refractivity contribution is -0.384. The van der Waals surface area contributed by atoms with E-state index < -0.39 is 10.9 Å². The molecule has 0 atom stereocenters. The van der Waals surface area contributed by atoms with E-state index in [1.165, 1.54) is 30.3 Å². The van der Waals surface area contributed by atoms with Gasteiger partial charge in [0.2, 0.25) is 0 Å². The summed E-state index contributed by atoms with van der Waals surface area (Å²) in [6, 6.07) is 5.73. The van der Waals surface area contributed by atoms with E-state index in [2.05, 4.69) is 0 Å². The largest absolute Gasteiger partial charge is 0.483 e. The molecule has 0 aromatic heterocycles. The smallest absolute Gasteiger partial charge is 0.342 e. The number of benzene rings is 1. The number of thiocarbonyl (C=S) groups is 1. The Kier molecular flexibility index (Phi) is 6.48. The van der Waals surface area contributed by atoms with Crippen molar-refractivity contribution >= 4 is 35.0 Å². The first kappa shape index (κ1) is 16.8. The molecule has 0 aliphatic carbocycles. The first-order valence-electron chi connectivity index (χ1n) is 6.30. The SMILES string of the molecule is CCOC(=O)C(=Cc1ccc([N+](=O)[O-])cc1)C(=S)OCC. The summed E-state index contributed by atoms with van der Waals surface area (Å²) in [5, 5.41) is 10.6. The van der Waals surface area contributed by atoms with Crippen LogP contribution in [0.25, 0.3) is 6.08 Å². The van der Waals surface area contributed by atoms with Gasteiger partial charge in [0.05, 0.1) is 18.1 Å². The summed E-state index contributed by atoms with van der Waals surface area (Å²) in [6.07, 6.45) is 1.49. The van der Waals surface area contributed by atoms with E-state index in [1.807, 2.05) is 0 Å². The van der Waals surface area contributed by atoms with Gasteiger partial charge in [-0.05, 0) is 49.8 Å². The number of non-ortho nitro benzene ring substituents is 1. The van der Waals surface area contributed by atoms with Gasteiger partial charge in [0.1, 0.15) is 5.57 Å². The predicted molar refractivity (Wildman–Crippen MR) is 81.9 cm³/mol. The molecule has 0 saturated heterocycles. The molecule has 0 saturated carbocycles. The maximum absolute atomic E-state index is 11.9. The number of nitro groups is 1. The van der Waals surface area contributed by atoms with Crippen molar-refractivity contribution in [1.82, 2.24) is 0 Å². The molecule has 6 nitrogen and oxygen atoms in total. The molecule has 0 radical (unpaired) electrons. The zero-order chi connectivity index (χ0) is 15.8. The number of hydrogen-bond donors (Lipinski definition) is 0. The van der Waals surface area contributed by atoms with Gasteiger partial charge in [-0.2, -0.15) is 0 Å². The molecule has 21 heavy (non-hydrogen) atoms. The number of rotatable bonds is 6. The quantitative estimate of drug-likeness (QED) is 0.264. The van der Waals surface area contributed by atoms with Gasteiger partial charge in [-0.15, -0.1) is 0 Å². The van der Waals surface area contributed by atoms with E-state index >= 15 is 0 Å². The summed E-state index contributed by atoms with van der Waals surface area (Å²) in [4.78, 5) is 22.0. The molecular weight excluding hydrogens is 294 g/mol. The summed E-state index contributed by atoms with van der Waals surface area (Å²) in [5.74, 6) is -0.589. The average molecular weight is 309 g/mol. The number of nitrogens with zero attached hydrogens (tertiary/aromatic N) is 1. The van der Waals surface area contributed by atoms with E-state index in [0.717, 1.165) is 0 Å². The Morgan fingerprint density at radius 3 is 2.29 bits per heavy atom. The number of hydrogen-bond acceptors (Lipinski definition) is 6. The summed E-state index contributed by atoms with van der Waals surface area (Å²) in [6.45, 7) is 3.98. The summed E-state index contributed by atoms with van der Waals surface area (Å²) < 4.78 is 10.1. The van der Waals surface area contributed by atoms with Crippen LogP contribution in [0, 0.1) is 10.1 Å². The van der Waals surface area contributed by atoms with Crippen molar-refractivity contribution in [3.8, 4) is 0 Å². The van der Waals surface area contributed by atoms with Crippen LogP contribution < -0.4 is 0 Å². The minimum Gasteiger partial charge on any atom is -0.483 e. The van der Waals surface area contributed by atoms with Gasteiger partial charge in [-0.1, -0.05) is 0 Å². The second kappa shape index (κ2) is 8.11. The molecule has 1 aromatic rings. The van der Waals surface area contributed by atoms with Crippen LogP contribution in [0.2, 0.25) is 0 Å². The molecular formula is C14H15NO5S. The Morgan fingerprint density at radius 2 is 1.81 bits per heavy atom. The maximum atomic E-state index is 11.9. The van der Waals surface area contributed by atoms with Crippen LogP contribution in [-0.2, 0) is 14.3 Å². The Hall–Kier alpha value is -2.28. The third kappa shape index (κ3) is 4.96. The van der Waals surface area contributed by atoms with E-state index in [-0.39, 0.29) is 22.9 Å². The Bertz CT molecular complexity index is 545. The fourth-order valence-electron chi connectivity index (χ4n) is 1.48. The molecule has 7 heteroatoms. The standard InChI is InChI=1S/C14H15NO5S/c1-3-19-13(16)12(14(21)20-4-2)9-10-5-7-11(8-6-10)15(17)18/h5-9H,3-4H2,1-2H3. The third-order valence-electron chi connectivity index (χ3n) is 2.41. The Morgan fingerprint density at radius 1 is 1.24 bits per heavy atom. The molecule has 0 amide bonds. The molecule has 0 spiro atoms. The van der Waals surface area contributed by atoms with Gasteiger partial charge in [-0.25, -0.2) is 4.79 Å². The van der Waals surface area contributed by atoms with Crippen molar-refractivity contribution in [2.45, 2.75) is 13.8 Å². The van der Waals surface area contributed by atoms with Crippen molar-refractivity contribution in [2.75, 3.05) is 13.2 Å². The fraction of sp³-hybridized carbons (Fsp3) is 0.286. The molecule has 0 aliphatic rings. The van der Waals surface area contributed by atoms with Gasteiger partial charge in [0.25, 0.3) is 5.69 Å². The minimum atomic E-state index is -0.589. The van der Waals surface area contributed by atoms with Gasteiger partial charge < -0.3 is 9.47 Å². The van der Waals surface area contributed by atoms with Crippen LogP contribution in [-0.4, -0.2) is 29.2 Å². The topological polar surface area (TPSA) is 78.7 Å². The van der Waals surface area contributed by atoms with Crippen molar-refractivity contribution in [3.05, 3.63) is 45.5 Å². The zero-order valence-electron chi connectivity index (χ0n) is 11.7. The van der Waals surface area contributed by atoms with Crippen LogP contribution in [0.3, 0.4) is 0 Å². The monoisotopic (exact) mass is 309 g/mol. The lowest BCUT2D eigenvalue weighted by Crippen LogP contribution is -2.16. The van der Waals surface area contributed by atoms with E-state index in [4.69, 9.17) is 21.7 Å². The Balaban J connectivity index is 3.08. The molecule has 112 valence electrons. The van der Waals surface area contributed by atoms with Crippen LogP contribution in [0.15, 0.2) is 29.8 Å². The molecule has 0 bridgehead atoms. The first-order valence-corrected chi connectivity index (χ1v) is 6.70. The number of carbonyl (C=O) groups is 1. The number of esters is 1. The van der Waals surface area contributed by atoms with E-state index in [1.54, 1.807) is 13.8 Å². The van der Waals surface area contributed by atoms with Gasteiger partial charge in [-0.3, -0.25) is 10.1 Å². The molecule has 0 heterocycles. The second-order valence-corrected chi connectivity index (χ2v) is 4.22. The molecule has 0 N–H and O–H groups in total. The average Bonchev–Trinajstić information content (AvgIpc) is 2.45. The van der Waals surface area contributed by atoms with Crippen LogP contribution in [0.4, 0.5) is 5.69 Å².